The van der Waals surface area contributed by atoms with Gasteiger partial charge in [0.1, 0.15) is 34.5 Å². The number of thioether (sulfide) groups is 1. The number of phenolic OH excluding ortho intramolecular Hbond substituents is 5. The smallest absolute Gasteiger partial charge is 0.273 e. The monoisotopic (exact) mass is 1810 g/mol. The van der Waals surface area contributed by atoms with Crippen molar-refractivity contribution >= 4 is 146 Å². The lowest BCUT2D eigenvalue weighted by Gasteiger charge is -2.11. The molecule has 0 fully saturated rings. The maximum atomic E-state index is 12.1. The van der Waals surface area contributed by atoms with E-state index in [0.29, 0.717) is 69.2 Å². The predicted molar refractivity (Wildman–Crippen MR) is 489 cm³/mol. The lowest BCUT2D eigenvalue weighted by atomic mass is 10.1. The van der Waals surface area contributed by atoms with E-state index in [-0.39, 0.29) is 68.0 Å². The molecule has 12 amide bonds. The first kappa shape index (κ1) is 98.3. The summed E-state index contributed by atoms with van der Waals surface area (Å²) in [7, 11) is 1.45. The number of thiol groups is 5. The van der Waals surface area contributed by atoms with Crippen LogP contribution in [0.1, 0.15) is 147 Å². The van der Waals surface area contributed by atoms with Gasteiger partial charge in [0.05, 0.1) is 73.9 Å². The molecule has 0 radical (unpaired) electrons. The first-order chi connectivity index (χ1) is 60.2. The molecule has 0 aliphatic heterocycles. The molecule has 0 spiro atoms. The van der Waals surface area contributed by atoms with Crippen LogP contribution in [0.15, 0.2) is 296 Å². The quantitative estimate of drug-likeness (QED) is 0.0273. The van der Waals surface area contributed by atoms with Gasteiger partial charge in [0, 0.05) is 29.4 Å². The molecule has 0 bridgehead atoms. The third kappa shape index (κ3) is 29.2. The van der Waals surface area contributed by atoms with E-state index in [1.165, 1.54) is 73.5 Å². The molecule has 12 rings (SSSR count). The van der Waals surface area contributed by atoms with Gasteiger partial charge in [-0.15, -0.1) is 74.9 Å². The van der Waals surface area contributed by atoms with Crippen molar-refractivity contribution in [1.82, 2.24) is 65.1 Å². The molecular weight excluding hydrogens is 1730 g/mol. The van der Waals surface area contributed by atoms with Gasteiger partial charge in [0.15, 0.2) is 0 Å². The number of phenols is 5. The fourth-order valence-corrected chi connectivity index (χ4v) is 12.8. The summed E-state index contributed by atoms with van der Waals surface area (Å²) in [4.78, 5) is 147. The molecule has 0 heterocycles. The highest BCUT2D eigenvalue weighted by Gasteiger charge is 2.22. The molecule has 0 aromatic heterocycles. The van der Waals surface area contributed by atoms with Gasteiger partial charge in [-0.25, -0.2) is 0 Å². The highest BCUT2D eigenvalue weighted by Crippen LogP contribution is 2.26. The Kier molecular flexibility index (Phi) is 38.5. The Morgan fingerprint density at radius 3 is 0.865 bits per heavy atom. The van der Waals surface area contributed by atoms with Crippen LogP contribution >= 0.6 is 74.9 Å². The van der Waals surface area contributed by atoms with Gasteiger partial charge in [-0.3, -0.25) is 123 Å². The number of hydrazine groups is 6. The first-order valence-electron chi connectivity index (χ1n) is 37.0. The van der Waals surface area contributed by atoms with Crippen LogP contribution in [0.4, 0.5) is 0 Å². The van der Waals surface area contributed by atoms with Crippen molar-refractivity contribution in [1.29, 1.82) is 0 Å². The molecule has 648 valence electrons. The lowest BCUT2D eigenvalue weighted by molar-refractivity contribution is 0.0843. The van der Waals surface area contributed by atoms with Gasteiger partial charge in [0.2, 0.25) is 0 Å². The zero-order valence-electron chi connectivity index (χ0n) is 67.6. The minimum atomic E-state index is -0.659. The predicted octanol–water partition coefficient (Wildman–Crippen LogP) is 12.5. The molecule has 0 saturated carbocycles. The van der Waals surface area contributed by atoms with Crippen LogP contribution in [0.25, 0.3) is 0 Å². The summed E-state index contributed by atoms with van der Waals surface area (Å²) in [5, 5.41) is 48.0. The van der Waals surface area contributed by atoms with Crippen molar-refractivity contribution in [3.63, 3.8) is 0 Å². The SMILES string of the molecule is COc1ccccc1C(=O)NNC(=O)c1ccccc1O.CSc1ccccc1C(=O)NNC(=O)c1ccccc1S.Cc1ccc(C(=O)NNC(=O)c2ccccc2O)c(O)c1.Cc1ccc(C(=O)NNC(=O)c2ccccc2S)c(S)c1.Cc1cccc(O)c1C(=O)NNC(=O)c1ccccc1O.Cc1cccc(S)c1C(=O)NNC(=O)c1ccccc1S. The molecule has 30 nitrogen and oxygen atoms in total. The van der Waals surface area contributed by atoms with E-state index in [9.17, 15) is 83.1 Å². The Balaban J connectivity index is 0.000000207. The van der Waals surface area contributed by atoms with Crippen LogP contribution in [0.5, 0.6) is 34.5 Å². The second-order valence-electron chi connectivity index (χ2n) is 25.9. The van der Waals surface area contributed by atoms with Crippen LogP contribution in [-0.2, 0) is 0 Å². The molecule has 0 aliphatic rings. The number of aryl methyl sites for hydroxylation is 4. The Labute approximate surface area is 754 Å². The molecule has 36 heteroatoms. The van der Waals surface area contributed by atoms with E-state index < -0.39 is 65.0 Å². The van der Waals surface area contributed by atoms with Crippen LogP contribution in [0.3, 0.4) is 0 Å². The number of amides is 12. The minimum absolute atomic E-state index is 0.0333. The summed E-state index contributed by atoms with van der Waals surface area (Å²) in [5.74, 6) is -6.72. The summed E-state index contributed by atoms with van der Waals surface area (Å²) in [6.07, 6.45) is 1.89. The zero-order chi connectivity index (χ0) is 92.1. The summed E-state index contributed by atoms with van der Waals surface area (Å²) < 4.78 is 5.06. The molecule has 126 heavy (non-hydrogen) atoms. The van der Waals surface area contributed by atoms with Gasteiger partial charge in [0.25, 0.3) is 70.9 Å². The number of carbonyl (C=O) groups excluding carboxylic acids is 12. The Hall–Kier alpha value is -14.8. The number of hydrogen-bond acceptors (Lipinski definition) is 24. The van der Waals surface area contributed by atoms with E-state index in [1.54, 1.807) is 215 Å². The molecule has 12 aromatic rings. The number of aromatic hydroxyl groups is 5. The average molecular weight is 1810 g/mol. The summed E-state index contributed by atoms with van der Waals surface area (Å²) >= 11 is 22.6. The van der Waals surface area contributed by atoms with Crippen molar-refractivity contribution in [2.45, 2.75) is 57.1 Å². The number of hydrogen-bond donors (Lipinski definition) is 22. The van der Waals surface area contributed by atoms with E-state index in [1.807, 2.05) is 31.4 Å². The van der Waals surface area contributed by atoms with Crippen LogP contribution in [0.2, 0.25) is 0 Å². The third-order valence-electron chi connectivity index (χ3n) is 17.1. The number of methoxy groups -OCH3 is 1. The highest BCUT2D eigenvalue weighted by atomic mass is 32.2. The number of para-hydroxylation sites is 4. The van der Waals surface area contributed by atoms with Crippen molar-refractivity contribution in [3.8, 4) is 34.5 Å². The Morgan fingerprint density at radius 1 is 0.246 bits per heavy atom. The molecule has 0 unspecified atom stereocenters. The second-order valence-corrected chi connectivity index (χ2v) is 29.2. The number of ether oxygens (including phenoxy) is 1. The maximum absolute atomic E-state index is 12.1. The largest absolute Gasteiger partial charge is 0.507 e. The third-order valence-corrected chi connectivity index (χ3v) is 19.8. The van der Waals surface area contributed by atoms with E-state index in [0.717, 1.165) is 21.6 Å². The summed E-state index contributed by atoms with van der Waals surface area (Å²) in [6.45, 7) is 7.16. The van der Waals surface area contributed by atoms with Gasteiger partial charge >= 0.3 is 0 Å². The molecule has 0 atom stereocenters. The van der Waals surface area contributed by atoms with Crippen LogP contribution < -0.4 is 69.8 Å². The van der Waals surface area contributed by atoms with Crippen molar-refractivity contribution in [3.05, 3.63) is 356 Å². The van der Waals surface area contributed by atoms with E-state index in [4.69, 9.17) is 4.74 Å². The van der Waals surface area contributed by atoms with Gasteiger partial charge in [-0.1, -0.05) is 133 Å². The number of benzene rings is 12. The fourth-order valence-electron chi connectivity index (χ4n) is 10.7. The van der Waals surface area contributed by atoms with Crippen molar-refractivity contribution in [2.24, 2.45) is 0 Å². The number of nitrogens with one attached hydrogen (secondary N) is 12. The lowest BCUT2D eigenvalue weighted by Crippen LogP contribution is -2.42. The number of carbonyl (C=O) groups is 12. The normalized spacial score (nSPS) is 9.96. The fraction of sp³-hybridized carbons (Fsp3) is 0.0667. The van der Waals surface area contributed by atoms with E-state index >= 15 is 0 Å². The van der Waals surface area contributed by atoms with Crippen molar-refractivity contribution < 1.29 is 87.8 Å². The molecular formula is C90H84N12O18S6. The van der Waals surface area contributed by atoms with Gasteiger partial charge in [-0.05, 0) is 190 Å². The second kappa shape index (κ2) is 49.3. The molecule has 12 aromatic carbocycles. The highest BCUT2D eigenvalue weighted by molar-refractivity contribution is 7.98. The molecule has 0 aliphatic carbocycles. The molecule has 0 saturated heterocycles. The van der Waals surface area contributed by atoms with Crippen LogP contribution in [0, 0.1) is 27.7 Å². The standard InChI is InChI=1S/3C15H14N2O4.3C15H14N2O2S2/c1-21-13-9-5-3-7-11(13)15(20)17-16-14(19)10-6-2-4-8-12(10)18;1-9-5-4-8-12(19)13(9)15(21)17-16-14(20)10-6-2-3-7-11(10)18;1-9-6-7-11(13(19)8-9)15(21)17-16-14(20)10-4-2-3-5-12(10)18;1-21-13-9-5-3-7-11(13)15(19)17-16-14(18)10-6-2-4-8-12(10)20;1-9-5-4-8-12(21)13(9)15(19)17-16-14(18)10-6-2-3-7-11(10)20;1-9-6-7-11(13(21)8-9)15(19)17-16-14(18)10-4-2-3-5-12(10)20/h2-9,18H,1H3,(H,16,19)(H,17,20);2*2-8,18-19H,1H3,(H,16,20)(H,17,21);2-9,20H,1H3,(H,16,18)(H,17,19);2*2-8,20-21H,1H3,(H,16,18)(H,17,19). The maximum Gasteiger partial charge on any atom is 0.273 e. The topological polar surface area (TPSA) is 460 Å². The summed E-state index contributed by atoms with van der Waals surface area (Å²) in [6, 6.07) is 72.1. The van der Waals surface area contributed by atoms with Gasteiger partial charge < -0.3 is 30.3 Å². The zero-order valence-corrected chi connectivity index (χ0v) is 72.9. The Bertz CT molecular complexity index is 5610. The first-order valence-corrected chi connectivity index (χ1v) is 40.5. The van der Waals surface area contributed by atoms with Gasteiger partial charge in [-0.2, -0.15) is 0 Å². The molecule has 17 N–H and O–H groups in total. The van der Waals surface area contributed by atoms with Crippen LogP contribution in [-0.4, -0.2) is 110 Å². The average Bonchev–Trinajstić information content (AvgIpc) is 0.841. The summed E-state index contributed by atoms with van der Waals surface area (Å²) in [5.41, 5.74) is 33.7. The Morgan fingerprint density at radius 2 is 0.508 bits per heavy atom. The van der Waals surface area contributed by atoms with E-state index in [2.05, 4.69) is 128 Å². The number of rotatable bonds is 14. The minimum Gasteiger partial charge on any atom is -0.507 e. The van der Waals surface area contributed by atoms with Crippen molar-refractivity contribution in [2.75, 3.05) is 13.4 Å².